The smallest absolute Gasteiger partial charge is 0.0451 e. The highest BCUT2D eigenvalue weighted by Gasteiger charge is 2.07. The van der Waals surface area contributed by atoms with Crippen LogP contribution in [0.4, 0.5) is 0 Å². The van der Waals surface area contributed by atoms with Crippen molar-refractivity contribution in [2.24, 2.45) is 0 Å². The Morgan fingerprint density at radius 3 is 2.90 bits per heavy atom. The van der Waals surface area contributed by atoms with E-state index in [0.717, 1.165) is 30.1 Å². The maximum absolute atomic E-state index is 6.32. The second-order valence-electron chi connectivity index (χ2n) is 5.13. The predicted octanol–water partition coefficient (Wildman–Crippen LogP) is 5.72. The normalized spacial score (nSPS) is 11.1. The van der Waals surface area contributed by atoms with E-state index in [2.05, 4.69) is 54.0 Å². The maximum Gasteiger partial charge on any atom is 0.0451 e. The first-order valence-corrected chi connectivity index (χ1v) is 8.51. The Kier molecular flexibility index (Phi) is 4.59. The van der Waals surface area contributed by atoms with Crippen LogP contribution in [0, 0.1) is 0 Å². The van der Waals surface area contributed by atoms with Gasteiger partial charge >= 0.3 is 0 Å². The van der Waals surface area contributed by atoms with E-state index in [1.807, 2.05) is 6.07 Å². The molecular formula is C18H18ClNS. The molecule has 0 fully saturated rings. The summed E-state index contributed by atoms with van der Waals surface area (Å²) in [7, 11) is 0. The van der Waals surface area contributed by atoms with E-state index in [-0.39, 0.29) is 0 Å². The van der Waals surface area contributed by atoms with Crippen molar-refractivity contribution in [2.45, 2.75) is 19.9 Å². The highest BCUT2D eigenvalue weighted by molar-refractivity contribution is 7.17. The molecule has 3 heteroatoms. The molecule has 0 amide bonds. The van der Waals surface area contributed by atoms with E-state index in [1.54, 1.807) is 11.3 Å². The number of halogens is 1. The number of fused-ring (bicyclic) bond motifs is 1. The number of hydrogen-bond acceptors (Lipinski definition) is 2. The van der Waals surface area contributed by atoms with Crippen molar-refractivity contribution in [2.75, 3.05) is 6.54 Å². The van der Waals surface area contributed by atoms with Crippen LogP contribution in [-0.4, -0.2) is 6.54 Å². The molecule has 1 N–H and O–H groups in total. The fourth-order valence-corrected chi connectivity index (χ4v) is 3.62. The Bertz CT molecular complexity index is 748. The monoisotopic (exact) mass is 315 g/mol. The molecule has 0 aliphatic carbocycles. The topological polar surface area (TPSA) is 12.0 Å². The van der Waals surface area contributed by atoms with Crippen LogP contribution in [0.1, 0.15) is 18.9 Å². The van der Waals surface area contributed by atoms with E-state index in [0.29, 0.717) is 0 Å². The highest BCUT2D eigenvalue weighted by Crippen LogP contribution is 2.34. The summed E-state index contributed by atoms with van der Waals surface area (Å²) in [5, 5.41) is 7.71. The standard InChI is InChI=1S/C18H18ClNS/c1-2-9-20-12-15-11-14(6-7-17(15)19)16-5-3-4-13-8-10-21-18(13)16/h3-8,10-11,20H,2,9,12H2,1H3. The number of rotatable bonds is 5. The van der Waals surface area contributed by atoms with Gasteiger partial charge < -0.3 is 5.32 Å². The van der Waals surface area contributed by atoms with Crippen LogP contribution in [0.3, 0.4) is 0 Å². The zero-order valence-electron chi connectivity index (χ0n) is 12.0. The second kappa shape index (κ2) is 6.61. The van der Waals surface area contributed by atoms with Crippen LogP contribution < -0.4 is 5.32 Å². The van der Waals surface area contributed by atoms with E-state index in [4.69, 9.17) is 11.6 Å². The van der Waals surface area contributed by atoms with Crippen LogP contribution in [0.2, 0.25) is 5.02 Å². The van der Waals surface area contributed by atoms with E-state index in [9.17, 15) is 0 Å². The number of nitrogens with one attached hydrogen (secondary N) is 1. The Morgan fingerprint density at radius 2 is 2.05 bits per heavy atom. The van der Waals surface area contributed by atoms with Gasteiger partial charge in [0.15, 0.2) is 0 Å². The summed E-state index contributed by atoms with van der Waals surface area (Å²) in [5.41, 5.74) is 3.69. The average Bonchev–Trinajstić information content (AvgIpc) is 2.98. The molecule has 3 rings (SSSR count). The van der Waals surface area contributed by atoms with Crippen molar-refractivity contribution in [3.63, 3.8) is 0 Å². The third kappa shape index (κ3) is 3.13. The lowest BCUT2D eigenvalue weighted by Gasteiger charge is -2.10. The van der Waals surface area contributed by atoms with Crippen molar-refractivity contribution in [1.82, 2.24) is 5.32 Å². The summed E-state index contributed by atoms with van der Waals surface area (Å²) in [4.78, 5) is 0. The van der Waals surface area contributed by atoms with Gasteiger partial charge in [-0.05, 0) is 58.6 Å². The van der Waals surface area contributed by atoms with Gasteiger partial charge in [-0.2, -0.15) is 0 Å². The van der Waals surface area contributed by atoms with Gasteiger partial charge in [0.05, 0.1) is 0 Å². The molecule has 108 valence electrons. The van der Waals surface area contributed by atoms with Gasteiger partial charge in [0.1, 0.15) is 0 Å². The molecule has 1 aromatic heterocycles. The summed E-state index contributed by atoms with van der Waals surface area (Å²) in [6.45, 7) is 4.00. The van der Waals surface area contributed by atoms with E-state index >= 15 is 0 Å². The fourth-order valence-electron chi connectivity index (χ4n) is 2.50. The first-order valence-electron chi connectivity index (χ1n) is 7.25. The third-order valence-electron chi connectivity index (χ3n) is 3.58. The number of thiophene rings is 1. The van der Waals surface area contributed by atoms with Crippen molar-refractivity contribution in [3.05, 3.63) is 58.4 Å². The molecule has 0 radical (unpaired) electrons. The van der Waals surface area contributed by atoms with Crippen LogP contribution in [0.25, 0.3) is 21.2 Å². The van der Waals surface area contributed by atoms with E-state index in [1.165, 1.54) is 21.2 Å². The van der Waals surface area contributed by atoms with Crippen LogP contribution >= 0.6 is 22.9 Å². The van der Waals surface area contributed by atoms with Gasteiger partial charge in [0, 0.05) is 16.3 Å². The van der Waals surface area contributed by atoms with Crippen LogP contribution in [0.5, 0.6) is 0 Å². The molecule has 0 aliphatic heterocycles. The zero-order valence-corrected chi connectivity index (χ0v) is 13.6. The SMILES string of the molecule is CCCNCc1cc(-c2cccc3ccsc23)ccc1Cl. The Balaban J connectivity index is 1.98. The van der Waals surface area contributed by atoms with Gasteiger partial charge in [-0.25, -0.2) is 0 Å². The van der Waals surface area contributed by atoms with Crippen molar-refractivity contribution in [1.29, 1.82) is 0 Å². The summed E-state index contributed by atoms with van der Waals surface area (Å²) < 4.78 is 1.34. The minimum Gasteiger partial charge on any atom is -0.313 e. The molecule has 0 atom stereocenters. The fraction of sp³-hybridized carbons (Fsp3) is 0.222. The Hall–Kier alpha value is -1.35. The van der Waals surface area contributed by atoms with Gasteiger partial charge in [0.2, 0.25) is 0 Å². The van der Waals surface area contributed by atoms with Gasteiger partial charge in [-0.15, -0.1) is 11.3 Å². The first kappa shape index (κ1) is 14.6. The largest absolute Gasteiger partial charge is 0.313 e. The lowest BCUT2D eigenvalue weighted by molar-refractivity contribution is 0.676. The molecule has 1 nitrogen and oxygen atoms in total. The Morgan fingerprint density at radius 1 is 1.14 bits per heavy atom. The van der Waals surface area contributed by atoms with Crippen molar-refractivity contribution >= 4 is 33.0 Å². The molecule has 0 bridgehead atoms. The van der Waals surface area contributed by atoms with Crippen molar-refractivity contribution < 1.29 is 0 Å². The number of hydrogen-bond donors (Lipinski definition) is 1. The van der Waals surface area contributed by atoms with Crippen LogP contribution in [0.15, 0.2) is 47.8 Å². The molecule has 0 unspecified atom stereocenters. The maximum atomic E-state index is 6.32. The first-order chi connectivity index (χ1) is 10.3. The Labute approximate surface area is 134 Å². The summed E-state index contributed by atoms with van der Waals surface area (Å²) in [6.07, 6.45) is 1.13. The third-order valence-corrected chi connectivity index (χ3v) is 4.91. The predicted molar refractivity (Wildman–Crippen MR) is 94.3 cm³/mol. The van der Waals surface area contributed by atoms with Gasteiger partial charge in [-0.3, -0.25) is 0 Å². The average molecular weight is 316 g/mol. The number of benzene rings is 2. The minimum atomic E-state index is 0.820. The molecule has 0 spiro atoms. The summed E-state index contributed by atoms with van der Waals surface area (Å²) in [6, 6.07) is 15.0. The van der Waals surface area contributed by atoms with Crippen LogP contribution in [-0.2, 0) is 6.54 Å². The molecule has 2 aromatic carbocycles. The molecule has 0 aliphatic rings. The lowest BCUT2D eigenvalue weighted by atomic mass is 10.0. The van der Waals surface area contributed by atoms with Crippen molar-refractivity contribution in [3.8, 4) is 11.1 Å². The zero-order chi connectivity index (χ0) is 14.7. The lowest BCUT2D eigenvalue weighted by Crippen LogP contribution is -2.14. The molecule has 0 saturated carbocycles. The molecule has 21 heavy (non-hydrogen) atoms. The molecule has 1 heterocycles. The van der Waals surface area contributed by atoms with Gasteiger partial charge in [0.25, 0.3) is 0 Å². The molecule has 3 aromatic rings. The molecular weight excluding hydrogens is 298 g/mol. The van der Waals surface area contributed by atoms with Gasteiger partial charge in [-0.1, -0.05) is 42.8 Å². The quantitative estimate of drug-likeness (QED) is 0.594. The summed E-state index contributed by atoms with van der Waals surface area (Å²) >= 11 is 8.11. The highest BCUT2D eigenvalue weighted by atomic mass is 35.5. The summed E-state index contributed by atoms with van der Waals surface area (Å²) in [5.74, 6) is 0. The van der Waals surface area contributed by atoms with E-state index < -0.39 is 0 Å². The second-order valence-corrected chi connectivity index (χ2v) is 6.45. The minimum absolute atomic E-state index is 0.820. The molecule has 0 saturated heterocycles.